The summed E-state index contributed by atoms with van der Waals surface area (Å²) < 4.78 is 11.0. The fourth-order valence-electron chi connectivity index (χ4n) is 3.96. The Morgan fingerprint density at radius 3 is 2.68 bits per heavy atom. The number of halogens is 1. The summed E-state index contributed by atoms with van der Waals surface area (Å²) in [6, 6.07) is 12.4. The number of carbonyl (C=O) groups excluding carboxylic acids is 2. The Morgan fingerprint density at radius 1 is 1.10 bits per heavy atom. The van der Waals surface area contributed by atoms with Gasteiger partial charge in [-0.25, -0.2) is 5.43 Å². The van der Waals surface area contributed by atoms with Gasteiger partial charge in [0.25, 0.3) is 5.91 Å². The van der Waals surface area contributed by atoms with Crippen LogP contribution < -0.4 is 20.2 Å². The summed E-state index contributed by atoms with van der Waals surface area (Å²) in [7, 11) is 0. The topological polar surface area (TPSA) is 83.1 Å². The van der Waals surface area contributed by atoms with Crippen molar-refractivity contribution in [2.75, 3.05) is 25.1 Å². The highest BCUT2D eigenvalue weighted by Crippen LogP contribution is 2.33. The van der Waals surface area contributed by atoms with Crippen LogP contribution >= 0.6 is 11.6 Å². The second kappa shape index (κ2) is 8.13. The van der Waals surface area contributed by atoms with E-state index in [9.17, 15) is 9.59 Å². The molecule has 2 aromatic carbocycles. The van der Waals surface area contributed by atoms with Crippen LogP contribution in [0, 0.1) is 0 Å². The lowest BCUT2D eigenvalue weighted by Gasteiger charge is -2.31. The average Bonchev–Trinajstić information content (AvgIpc) is 3.21. The molecule has 0 aromatic heterocycles. The molecule has 31 heavy (non-hydrogen) atoms. The molecule has 2 atom stereocenters. The van der Waals surface area contributed by atoms with Crippen molar-refractivity contribution in [1.82, 2.24) is 15.3 Å². The SMILES string of the molecule is O=C(CN1C=CN2NC(c3ccc(Cl)cc3)CC2C1=O)Nc1ccc2c(c1)OCCO2. The first-order chi connectivity index (χ1) is 15.1. The number of ether oxygens (including phenoxy) is 2. The lowest BCUT2D eigenvalue weighted by molar-refractivity contribution is -0.137. The average molecular weight is 441 g/mol. The first-order valence-electron chi connectivity index (χ1n) is 10.0. The molecule has 1 saturated heterocycles. The zero-order valence-electron chi connectivity index (χ0n) is 16.6. The van der Waals surface area contributed by atoms with E-state index in [1.54, 1.807) is 35.6 Å². The molecule has 0 radical (unpaired) electrons. The van der Waals surface area contributed by atoms with Crippen LogP contribution in [-0.4, -0.2) is 47.5 Å². The molecule has 5 rings (SSSR count). The molecule has 9 heteroatoms. The van der Waals surface area contributed by atoms with Crippen molar-refractivity contribution in [3.63, 3.8) is 0 Å². The highest BCUT2D eigenvalue weighted by atomic mass is 35.5. The van der Waals surface area contributed by atoms with Gasteiger partial charge in [-0.15, -0.1) is 0 Å². The Bertz CT molecular complexity index is 1040. The van der Waals surface area contributed by atoms with Crippen molar-refractivity contribution in [2.45, 2.75) is 18.5 Å². The number of hydrogen-bond acceptors (Lipinski definition) is 6. The molecule has 0 aliphatic carbocycles. The van der Waals surface area contributed by atoms with Crippen LogP contribution in [0.15, 0.2) is 54.9 Å². The quantitative estimate of drug-likeness (QED) is 0.760. The predicted octanol–water partition coefficient (Wildman–Crippen LogP) is 2.68. The van der Waals surface area contributed by atoms with E-state index in [0.29, 0.717) is 41.8 Å². The summed E-state index contributed by atoms with van der Waals surface area (Å²) in [4.78, 5) is 27.0. The summed E-state index contributed by atoms with van der Waals surface area (Å²) in [5, 5.41) is 5.29. The van der Waals surface area contributed by atoms with E-state index in [4.69, 9.17) is 21.1 Å². The number of rotatable bonds is 4. The highest BCUT2D eigenvalue weighted by Gasteiger charge is 2.40. The third-order valence-electron chi connectivity index (χ3n) is 5.49. The Hall–Kier alpha value is -3.23. The minimum atomic E-state index is -0.368. The van der Waals surface area contributed by atoms with Gasteiger partial charge < -0.3 is 24.7 Å². The van der Waals surface area contributed by atoms with E-state index >= 15 is 0 Å². The van der Waals surface area contributed by atoms with Gasteiger partial charge in [-0.1, -0.05) is 23.7 Å². The molecule has 0 spiro atoms. The summed E-state index contributed by atoms with van der Waals surface area (Å²) in [5.41, 5.74) is 4.98. The summed E-state index contributed by atoms with van der Waals surface area (Å²) >= 11 is 5.97. The Morgan fingerprint density at radius 2 is 1.87 bits per heavy atom. The molecule has 160 valence electrons. The summed E-state index contributed by atoms with van der Waals surface area (Å²) in [6.45, 7) is 0.911. The maximum Gasteiger partial charge on any atom is 0.251 e. The smallest absolute Gasteiger partial charge is 0.251 e. The van der Waals surface area contributed by atoms with Crippen LogP contribution in [-0.2, 0) is 9.59 Å². The van der Waals surface area contributed by atoms with Gasteiger partial charge in [0, 0.05) is 29.2 Å². The first-order valence-corrected chi connectivity index (χ1v) is 10.4. The highest BCUT2D eigenvalue weighted by molar-refractivity contribution is 6.30. The zero-order valence-corrected chi connectivity index (χ0v) is 17.3. The minimum Gasteiger partial charge on any atom is -0.486 e. The number of nitrogens with zero attached hydrogens (tertiary/aromatic N) is 2. The van der Waals surface area contributed by atoms with Gasteiger partial charge in [-0.05, 0) is 36.2 Å². The predicted molar refractivity (Wildman–Crippen MR) is 114 cm³/mol. The van der Waals surface area contributed by atoms with Crippen molar-refractivity contribution < 1.29 is 19.1 Å². The third-order valence-corrected chi connectivity index (χ3v) is 5.74. The van der Waals surface area contributed by atoms with Gasteiger partial charge in [0.15, 0.2) is 11.5 Å². The van der Waals surface area contributed by atoms with Crippen LogP contribution in [0.25, 0.3) is 0 Å². The molecule has 2 N–H and O–H groups in total. The maximum atomic E-state index is 13.0. The van der Waals surface area contributed by atoms with Crippen molar-refractivity contribution >= 4 is 29.1 Å². The van der Waals surface area contributed by atoms with Crippen molar-refractivity contribution in [3.8, 4) is 11.5 Å². The summed E-state index contributed by atoms with van der Waals surface area (Å²) in [5.74, 6) is 0.841. The number of carbonyl (C=O) groups is 2. The van der Waals surface area contributed by atoms with E-state index in [2.05, 4.69) is 10.7 Å². The second-order valence-corrected chi connectivity index (χ2v) is 8.00. The largest absolute Gasteiger partial charge is 0.486 e. The monoisotopic (exact) mass is 440 g/mol. The molecule has 3 aliphatic heterocycles. The van der Waals surface area contributed by atoms with Crippen molar-refractivity contribution in [2.24, 2.45) is 0 Å². The Balaban J connectivity index is 1.21. The van der Waals surface area contributed by atoms with Gasteiger partial charge in [-0.3, -0.25) is 9.59 Å². The van der Waals surface area contributed by atoms with Crippen LogP contribution in [0.3, 0.4) is 0 Å². The number of amides is 2. The molecule has 2 amide bonds. The van der Waals surface area contributed by atoms with E-state index in [0.717, 1.165) is 5.56 Å². The molecule has 8 nitrogen and oxygen atoms in total. The van der Waals surface area contributed by atoms with Crippen LogP contribution in [0.2, 0.25) is 5.02 Å². The molecule has 2 unspecified atom stereocenters. The van der Waals surface area contributed by atoms with Gasteiger partial charge >= 0.3 is 0 Å². The number of anilines is 1. The normalized spacial score (nSPS) is 21.8. The minimum absolute atomic E-state index is 0.00218. The van der Waals surface area contributed by atoms with E-state index < -0.39 is 0 Å². The number of nitrogens with one attached hydrogen (secondary N) is 2. The van der Waals surface area contributed by atoms with E-state index in [1.165, 1.54) is 4.90 Å². The van der Waals surface area contributed by atoms with Crippen LogP contribution in [0.5, 0.6) is 11.5 Å². The van der Waals surface area contributed by atoms with E-state index in [-0.39, 0.29) is 30.4 Å². The molecule has 1 fully saturated rings. The van der Waals surface area contributed by atoms with Crippen LogP contribution in [0.4, 0.5) is 5.69 Å². The van der Waals surface area contributed by atoms with Gasteiger partial charge in [-0.2, -0.15) is 0 Å². The zero-order chi connectivity index (χ0) is 21.4. The lowest BCUT2D eigenvalue weighted by Crippen LogP contribution is -2.49. The second-order valence-electron chi connectivity index (χ2n) is 7.56. The first kappa shape index (κ1) is 19.7. The summed E-state index contributed by atoms with van der Waals surface area (Å²) in [6.07, 6.45) is 4.02. The van der Waals surface area contributed by atoms with Gasteiger partial charge in [0.1, 0.15) is 25.8 Å². The van der Waals surface area contributed by atoms with Gasteiger partial charge in [0.05, 0.1) is 6.04 Å². The van der Waals surface area contributed by atoms with Gasteiger partial charge in [0.2, 0.25) is 5.91 Å². The molecule has 2 aromatic rings. The molecule has 3 heterocycles. The molecule has 0 bridgehead atoms. The number of hydrazine groups is 1. The lowest BCUT2D eigenvalue weighted by atomic mass is 10.0. The number of fused-ring (bicyclic) bond motifs is 2. The fourth-order valence-corrected chi connectivity index (χ4v) is 4.08. The van der Waals surface area contributed by atoms with Crippen molar-refractivity contribution in [3.05, 3.63) is 65.5 Å². The molecular weight excluding hydrogens is 420 g/mol. The Labute approximate surface area is 184 Å². The molecular formula is C22H21ClN4O4. The number of benzene rings is 2. The van der Waals surface area contributed by atoms with E-state index in [1.807, 2.05) is 24.3 Å². The number of hydrogen-bond donors (Lipinski definition) is 2. The molecule has 0 saturated carbocycles. The van der Waals surface area contributed by atoms with Crippen LogP contribution in [0.1, 0.15) is 18.0 Å². The third kappa shape index (κ3) is 4.04. The Kier molecular flexibility index (Phi) is 5.17. The fraction of sp³-hybridized carbons (Fsp3) is 0.273. The molecule has 3 aliphatic rings. The standard InChI is InChI=1S/C22H21ClN4O4/c23-15-3-1-14(2-4-15)17-12-18-22(29)26(7-8-27(18)25-17)13-21(28)24-16-5-6-19-20(11-16)31-10-9-30-19/h1-8,11,17-18,25H,9-10,12-13H2,(H,24,28). The maximum absolute atomic E-state index is 13.0. The van der Waals surface area contributed by atoms with Crippen molar-refractivity contribution in [1.29, 1.82) is 0 Å².